The van der Waals surface area contributed by atoms with E-state index in [0.29, 0.717) is 30.9 Å². The third kappa shape index (κ3) is 3.42. The van der Waals surface area contributed by atoms with Gasteiger partial charge in [-0.25, -0.2) is 4.68 Å². The van der Waals surface area contributed by atoms with Gasteiger partial charge in [0.05, 0.1) is 28.5 Å². The first-order chi connectivity index (χ1) is 11.5. The van der Waals surface area contributed by atoms with Crippen molar-refractivity contribution < 1.29 is 14.8 Å². The zero-order valence-corrected chi connectivity index (χ0v) is 12.8. The Morgan fingerprint density at radius 1 is 1.42 bits per heavy atom. The predicted molar refractivity (Wildman–Crippen MR) is 84.9 cm³/mol. The van der Waals surface area contributed by atoms with Crippen LogP contribution in [0.2, 0.25) is 0 Å². The summed E-state index contributed by atoms with van der Waals surface area (Å²) in [6, 6.07) is 5.89. The molecule has 1 fully saturated rings. The number of rotatable bonds is 5. The van der Waals surface area contributed by atoms with E-state index < -0.39 is 11.0 Å². The second kappa shape index (κ2) is 6.77. The van der Waals surface area contributed by atoms with Crippen molar-refractivity contribution >= 4 is 11.6 Å². The molecule has 9 heteroatoms. The van der Waals surface area contributed by atoms with Crippen molar-refractivity contribution in [3.63, 3.8) is 0 Å². The molecular weight excluding hydrogens is 314 g/mol. The first-order valence-corrected chi connectivity index (χ1v) is 7.51. The van der Waals surface area contributed by atoms with Gasteiger partial charge in [-0.2, -0.15) is 5.10 Å². The van der Waals surface area contributed by atoms with Gasteiger partial charge in [-0.15, -0.1) is 0 Å². The van der Waals surface area contributed by atoms with Crippen LogP contribution in [0.1, 0.15) is 10.4 Å². The van der Waals surface area contributed by atoms with E-state index in [-0.39, 0.29) is 17.5 Å². The molecule has 0 radical (unpaired) electrons. The summed E-state index contributed by atoms with van der Waals surface area (Å²) < 4.78 is 1.48. The molecule has 0 bridgehead atoms. The molecule has 2 aromatic rings. The van der Waals surface area contributed by atoms with Gasteiger partial charge in [0.25, 0.3) is 11.6 Å². The molecule has 0 saturated carbocycles. The van der Waals surface area contributed by atoms with E-state index in [1.54, 1.807) is 18.3 Å². The standard InChI is InChI=1S/C15H17N5O4/c21-14-8-16-5-10(14)6-17-15(22)11-7-18-19(9-11)12-1-3-13(4-2-12)20(23)24/h1-4,7,9-10,14,16,21H,5-6,8H2,(H,17,22). The van der Waals surface area contributed by atoms with E-state index in [4.69, 9.17) is 0 Å². The minimum absolute atomic E-state index is 0.00123. The van der Waals surface area contributed by atoms with Crippen LogP contribution in [-0.4, -0.2) is 51.5 Å². The number of β-amino-alcohol motifs (C(OH)–C–C–N with tert-alkyl or cyclic N) is 1. The summed E-state index contributed by atoms with van der Waals surface area (Å²) in [5.74, 6) is -0.277. The van der Waals surface area contributed by atoms with Crippen LogP contribution in [0.4, 0.5) is 5.69 Å². The summed E-state index contributed by atoms with van der Waals surface area (Å²) in [6.07, 6.45) is 2.54. The Bertz CT molecular complexity index is 743. The molecule has 126 valence electrons. The topological polar surface area (TPSA) is 122 Å². The second-order valence-electron chi connectivity index (χ2n) is 5.64. The average molecular weight is 331 g/mol. The van der Waals surface area contributed by atoms with Crippen molar-refractivity contribution in [2.45, 2.75) is 6.10 Å². The summed E-state index contributed by atoms with van der Waals surface area (Å²) in [5.41, 5.74) is 0.997. The molecular formula is C15H17N5O4. The molecule has 1 aliphatic heterocycles. The molecule has 1 aliphatic rings. The SMILES string of the molecule is O=C(NCC1CNCC1O)c1cnn(-c2ccc([N+](=O)[O-])cc2)c1. The lowest BCUT2D eigenvalue weighted by atomic mass is 10.1. The molecule has 3 rings (SSSR count). The molecule has 1 saturated heterocycles. The zero-order chi connectivity index (χ0) is 17.1. The van der Waals surface area contributed by atoms with Crippen LogP contribution in [0.3, 0.4) is 0 Å². The number of hydrogen-bond acceptors (Lipinski definition) is 6. The maximum Gasteiger partial charge on any atom is 0.269 e. The van der Waals surface area contributed by atoms with E-state index in [1.165, 1.54) is 23.0 Å². The normalized spacial score (nSPS) is 20.0. The fraction of sp³-hybridized carbons (Fsp3) is 0.333. The van der Waals surface area contributed by atoms with E-state index in [1.807, 2.05) is 0 Å². The lowest BCUT2D eigenvalue weighted by Gasteiger charge is -2.13. The molecule has 2 atom stereocenters. The van der Waals surface area contributed by atoms with Gasteiger partial charge in [-0.1, -0.05) is 0 Å². The minimum atomic E-state index is -0.474. The molecule has 0 spiro atoms. The van der Waals surface area contributed by atoms with Crippen molar-refractivity contribution in [1.82, 2.24) is 20.4 Å². The second-order valence-corrected chi connectivity index (χ2v) is 5.64. The Balaban J connectivity index is 1.64. The van der Waals surface area contributed by atoms with Crippen LogP contribution >= 0.6 is 0 Å². The van der Waals surface area contributed by atoms with Gasteiger partial charge in [0.1, 0.15) is 0 Å². The average Bonchev–Trinajstić information content (AvgIpc) is 3.22. The van der Waals surface area contributed by atoms with Crippen molar-refractivity contribution in [3.8, 4) is 5.69 Å². The van der Waals surface area contributed by atoms with Crippen molar-refractivity contribution in [2.24, 2.45) is 5.92 Å². The maximum atomic E-state index is 12.1. The third-order valence-corrected chi connectivity index (χ3v) is 4.00. The van der Waals surface area contributed by atoms with Crippen LogP contribution in [0.5, 0.6) is 0 Å². The number of nitro groups is 1. The zero-order valence-electron chi connectivity index (χ0n) is 12.8. The third-order valence-electron chi connectivity index (χ3n) is 4.00. The van der Waals surface area contributed by atoms with Crippen LogP contribution < -0.4 is 10.6 Å². The summed E-state index contributed by atoms with van der Waals surface area (Å²) in [5, 5.41) is 30.3. The Labute approximate surface area is 137 Å². The van der Waals surface area contributed by atoms with Gasteiger partial charge in [-0.3, -0.25) is 14.9 Å². The summed E-state index contributed by atoms with van der Waals surface area (Å²) >= 11 is 0. The highest BCUT2D eigenvalue weighted by Crippen LogP contribution is 2.15. The number of carbonyl (C=O) groups excluding carboxylic acids is 1. The lowest BCUT2D eigenvalue weighted by Crippen LogP contribution is -2.34. The molecule has 1 aromatic heterocycles. The number of aromatic nitrogens is 2. The highest BCUT2D eigenvalue weighted by atomic mass is 16.6. The van der Waals surface area contributed by atoms with Crippen LogP contribution in [0.25, 0.3) is 5.69 Å². The highest BCUT2D eigenvalue weighted by Gasteiger charge is 2.25. The molecule has 9 nitrogen and oxygen atoms in total. The maximum absolute atomic E-state index is 12.1. The Hall–Kier alpha value is -2.78. The number of nitro benzene ring substituents is 1. The molecule has 2 unspecified atom stereocenters. The first-order valence-electron chi connectivity index (χ1n) is 7.51. The Morgan fingerprint density at radius 3 is 2.79 bits per heavy atom. The largest absolute Gasteiger partial charge is 0.391 e. The van der Waals surface area contributed by atoms with Crippen molar-refractivity contribution in [3.05, 3.63) is 52.3 Å². The number of non-ortho nitro benzene ring substituents is 1. The number of carbonyl (C=O) groups is 1. The number of benzene rings is 1. The van der Waals surface area contributed by atoms with E-state index in [2.05, 4.69) is 15.7 Å². The molecule has 2 heterocycles. The number of aliphatic hydroxyl groups excluding tert-OH is 1. The number of nitrogens with one attached hydrogen (secondary N) is 2. The minimum Gasteiger partial charge on any atom is -0.391 e. The number of hydrogen-bond donors (Lipinski definition) is 3. The van der Waals surface area contributed by atoms with Gasteiger partial charge in [0, 0.05) is 43.9 Å². The predicted octanol–water partition coefficient (Wildman–Crippen LogP) is 0.0906. The molecule has 1 aromatic carbocycles. The fourth-order valence-electron chi connectivity index (χ4n) is 2.56. The summed E-state index contributed by atoms with van der Waals surface area (Å²) in [6.45, 7) is 1.60. The van der Waals surface area contributed by atoms with Crippen LogP contribution in [0.15, 0.2) is 36.7 Å². The molecule has 0 aliphatic carbocycles. The monoisotopic (exact) mass is 331 g/mol. The van der Waals surface area contributed by atoms with Gasteiger partial charge >= 0.3 is 0 Å². The van der Waals surface area contributed by atoms with Gasteiger partial charge in [0.15, 0.2) is 0 Å². The van der Waals surface area contributed by atoms with Crippen molar-refractivity contribution in [2.75, 3.05) is 19.6 Å². The van der Waals surface area contributed by atoms with Crippen molar-refractivity contribution in [1.29, 1.82) is 0 Å². The number of nitrogens with zero attached hydrogens (tertiary/aromatic N) is 3. The van der Waals surface area contributed by atoms with E-state index in [0.717, 1.165) is 0 Å². The van der Waals surface area contributed by atoms with Gasteiger partial charge in [-0.05, 0) is 12.1 Å². The van der Waals surface area contributed by atoms with Crippen LogP contribution in [-0.2, 0) is 0 Å². The number of aliphatic hydroxyl groups is 1. The van der Waals surface area contributed by atoms with E-state index in [9.17, 15) is 20.0 Å². The molecule has 24 heavy (non-hydrogen) atoms. The summed E-state index contributed by atoms with van der Waals surface area (Å²) in [7, 11) is 0. The first kappa shape index (κ1) is 16.1. The van der Waals surface area contributed by atoms with E-state index >= 15 is 0 Å². The molecule has 1 amide bonds. The highest BCUT2D eigenvalue weighted by molar-refractivity contribution is 5.93. The van der Waals surface area contributed by atoms with Gasteiger partial charge < -0.3 is 15.7 Å². The smallest absolute Gasteiger partial charge is 0.269 e. The van der Waals surface area contributed by atoms with Crippen LogP contribution in [0, 0.1) is 16.0 Å². The Kier molecular flexibility index (Phi) is 4.54. The number of amides is 1. The Morgan fingerprint density at radius 2 is 2.17 bits per heavy atom. The van der Waals surface area contributed by atoms with Gasteiger partial charge in [0.2, 0.25) is 0 Å². The lowest BCUT2D eigenvalue weighted by molar-refractivity contribution is -0.384. The fourth-order valence-corrected chi connectivity index (χ4v) is 2.56. The quantitative estimate of drug-likeness (QED) is 0.527. The summed E-state index contributed by atoms with van der Waals surface area (Å²) in [4.78, 5) is 22.3. The molecule has 3 N–H and O–H groups in total.